The van der Waals surface area contributed by atoms with Crippen molar-refractivity contribution >= 4 is 11.9 Å². The van der Waals surface area contributed by atoms with Crippen molar-refractivity contribution in [3.8, 4) is 11.5 Å². The van der Waals surface area contributed by atoms with Crippen LogP contribution in [0.2, 0.25) is 0 Å². The van der Waals surface area contributed by atoms with Gasteiger partial charge in [-0.25, -0.2) is 0 Å². The number of carbonyl (C=O) groups excluding carboxylic acids is 2. The van der Waals surface area contributed by atoms with E-state index in [0.29, 0.717) is 12.4 Å². The fourth-order valence-electron chi connectivity index (χ4n) is 8.23. The van der Waals surface area contributed by atoms with E-state index in [4.69, 9.17) is 14.2 Å². The van der Waals surface area contributed by atoms with E-state index in [-0.39, 0.29) is 30.4 Å². The van der Waals surface area contributed by atoms with E-state index in [2.05, 4.69) is 53.4 Å². The summed E-state index contributed by atoms with van der Waals surface area (Å²) in [7, 11) is 0. The Hall–Kier alpha value is -2.08. The van der Waals surface area contributed by atoms with Crippen LogP contribution in [0.5, 0.6) is 11.5 Å². The van der Waals surface area contributed by atoms with Gasteiger partial charge in [0.25, 0.3) is 0 Å². The number of rotatable bonds is 22. The van der Waals surface area contributed by atoms with Gasteiger partial charge in [0.05, 0.1) is 19.4 Å². The van der Waals surface area contributed by atoms with E-state index < -0.39 is 0 Å². The van der Waals surface area contributed by atoms with E-state index in [1.165, 1.54) is 90.3 Å². The molecule has 0 aliphatic carbocycles. The third kappa shape index (κ3) is 14.2. The van der Waals surface area contributed by atoms with Gasteiger partial charge in [0, 0.05) is 5.56 Å². The summed E-state index contributed by atoms with van der Waals surface area (Å²) in [5, 5.41) is 0. The van der Waals surface area contributed by atoms with Gasteiger partial charge in [-0.15, -0.1) is 0 Å². The lowest BCUT2D eigenvalue weighted by Gasteiger charge is -2.38. The van der Waals surface area contributed by atoms with Crippen LogP contribution in [0.15, 0.2) is 0 Å². The molecular weight excluding hydrogens is 622 g/mol. The van der Waals surface area contributed by atoms with E-state index in [1.807, 2.05) is 13.8 Å². The molecule has 1 aromatic rings. The van der Waals surface area contributed by atoms with Gasteiger partial charge in [0.1, 0.15) is 17.1 Å². The average Bonchev–Trinajstić information content (AvgIpc) is 3.07. The van der Waals surface area contributed by atoms with Crippen LogP contribution in [-0.2, 0) is 20.7 Å². The van der Waals surface area contributed by atoms with Crippen molar-refractivity contribution in [1.82, 2.24) is 4.90 Å². The minimum absolute atomic E-state index is 0.0219. The van der Waals surface area contributed by atoms with Crippen molar-refractivity contribution in [3.05, 3.63) is 22.3 Å². The number of benzene rings is 1. The first-order valence-corrected chi connectivity index (χ1v) is 20.7. The first-order chi connectivity index (χ1) is 23.8. The molecule has 1 aromatic carbocycles. The second-order valence-corrected chi connectivity index (χ2v) is 17.0. The van der Waals surface area contributed by atoms with E-state index in [1.54, 1.807) is 0 Å². The molecule has 1 fully saturated rings. The maximum atomic E-state index is 12.9. The molecule has 0 aromatic heterocycles. The van der Waals surface area contributed by atoms with Crippen LogP contribution in [0.3, 0.4) is 0 Å². The zero-order valence-electron chi connectivity index (χ0n) is 33.9. The summed E-state index contributed by atoms with van der Waals surface area (Å²) >= 11 is 0. The number of fused-ring (bicyclic) bond motifs is 1. The molecule has 0 amide bonds. The number of ether oxygens (including phenoxy) is 3. The molecule has 6 heteroatoms. The lowest BCUT2D eigenvalue weighted by atomic mass is 9.83. The predicted molar refractivity (Wildman–Crippen MR) is 207 cm³/mol. The van der Waals surface area contributed by atoms with Crippen LogP contribution in [0.1, 0.15) is 173 Å². The third-order valence-corrected chi connectivity index (χ3v) is 11.9. The molecular formula is C44H75NO5. The van der Waals surface area contributed by atoms with E-state index >= 15 is 0 Å². The zero-order valence-corrected chi connectivity index (χ0v) is 33.9. The maximum absolute atomic E-state index is 12.9. The summed E-state index contributed by atoms with van der Waals surface area (Å²) in [6, 6.07) is 0. The topological polar surface area (TPSA) is 65.1 Å². The van der Waals surface area contributed by atoms with Gasteiger partial charge in [0.2, 0.25) is 0 Å². The van der Waals surface area contributed by atoms with Crippen LogP contribution >= 0.6 is 0 Å². The molecule has 0 saturated carbocycles. The Morgan fingerprint density at radius 3 is 2.10 bits per heavy atom. The number of carbonyl (C=O) groups is 2. The fraction of sp³-hybridized carbons (Fsp3) is 0.818. The summed E-state index contributed by atoms with van der Waals surface area (Å²) < 4.78 is 18.2. The molecule has 286 valence electrons. The summed E-state index contributed by atoms with van der Waals surface area (Å²) in [6.45, 7) is 24.1. The van der Waals surface area contributed by atoms with Crippen molar-refractivity contribution in [2.24, 2.45) is 23.7 Å². The Morgan fingerprint density at radius 2 is 1.46 bits per heavy atom. The molecule has 3 unspecified atom stereocenters. The molecule has 3 atom stereocenters. The summed E-state index contributed by atoms with van der Waals surface area (Å²) in [5.41, 5.74) is 3.94. The smallest absolute Gasteiger partial charge is 0.311 e. The molecule has 0 bridgehead atoms. The summed E-state index contributed by atoms with van der Waals surface area (Å²) in [5.74, 6) is 4.05. The first-order valence-electron chi connectivity index (χ1n) is 20.7. The number of hydrogen-bond donors (Lipinski definition) is 0. The lowest BCUT2D eigenvalue weighted by molar-refractivity contribution is -0.147. The summed E-state index contributed by atoms with van der Waals surface area (Å²) in [6.07, 6.45) is 19.3. The molecule has 1 saturated heterocycles. The zero-order chi connectivity index (χ0) is 36.7. The van der Waals surface area contributed by atoms with Gasteiger partial charge in [0.15, 0.2) is 0 Å². The highest BCUT2D eigenvalue weighted by Crippen LogP contribution is 2.45. The number of nitrogens with zero attached hydrogens (tertiary/aromatic N) is 1. The Balaban J connectivity index is 1.38. The highest BCUT2D eigenvalue weighted by atomic mass is 16.5. The van der Waals surface area contributed by atoms with Gasteiger partial charge in [-0.3, -0.25) is 9.59 Å². The van der Waals surface area contributed by atoms with Crippen molar-refractivity contribution in [3.63, 3.8) is 0 Å². The van der Waals surface area contributed by atoms with Gasteiger partial charge in [-0.1, -0.05) is 79.6 Å². The Morgan fingerprint density at radius 1 is 0.840 bits per heavy atom. The minimum Gasteiger partial charge on any atom is -0.487 e. The summed E-state index contributed by atoms with van der Waals surface area (Å²) in [4.78, 5) is 27.8. The van der Waals surface area contributed by atoms with Crippen molar-refractivity contribution < 1.29 is 23.8 Å². The quantitative estimate of drug-likeness (QED) is 0.0683. The maximum Gasteiger partial charge on any atom is 0.311 e. The van der Waals surface area contributed by atoms with Gasteiger partial charge >= 0.3 is 11.9 Å². The second-order valence-electron chi connectivity index (χ2n) is 17.0. The highest BCUT2D eigenvalue weighted by molar-refractivity contribution is 5.80. The second kappa shape index (κ2) is 21.4. The molecule has 50 heavy (non-hydrogen) atoms. The molecule has 2 heterocycles. The number of piperidine rings is 1. The molecule has 0 N–H and O–H groups in total. The van der Waals surface area contributed by atoms with Gasteiger partial charge < -0.3 is 19.1 Å². The van der Waals surface area contributed by atoms with Crippen LogP contribution < -0.4 is 9.47 Å². The highest BCUT2D eigenvalue weighted by Gasteiger charge is 2.35. The average molecular weight is 698 g/mol. The van der Waals surface area contributed by atoms with E-state index in [0.717, 1.165) is 83.8 Å². The van der Waals surface area contributed by atoms with Gasteiger partial charge in [-0.05, 0) is 145 Å². The molecule has 6 nitrogen and oxygen atoms in total. The molecule has 2 aliphatic heterocycles. The number of hydrogen-bond acceptors (Lipinski definition) is 6. The van der Waals surface area contributed by atoms with Crippen LogP contribution in [0.25, 0.3) is 0 Å². The molecule has 2 aliphatic rings. The number of likely N-dealkylation sites (tertiary alicyclic amines) is 1. The predicted octanol–water partition coefficient (Wildman–Crippen LogP) is 11.3. The van der Waals surface area contributed by atoms with Crippen molar-refractivity contribution in [1.29, 1.82) is 0 Å². The van der Waals surface area contributed by atoms with Crippen molar-refractivity contribution in [2.75, 3.05) is 26.2 Å². The Kier molecular flexibility index (Phi) is 18.2. The standard InChI is InChI=1S/C44H75NO5/c1-10-28-45-29-24-38(25-30-45)20-14-31-48-40(46)21-22-41(47)49-42-35(6)36(7)43-39(37(42)8)23-27-44(9,50-43)26-13-19-34(5)18-12-17-33(4)16-11-15-32(2)3/h32-34,38H,10-31H2,1-9H3. The number of esters is 2. The fourth-order valence-corrected chi connectivity index (χ4v) is 8.23. The Bertz CT molecular complexity index is 1190. The van der Waals surface area contributed by atoms with E-state index in [9.17, 15) is 9.59 Å². The molecule has 3 rings (SSSR count). The van der Waals surface area contributed by atoms with Crippen LogP contribution in [0, 0.1) is 44.4 Å². The first kappa shape index (κ1) is 42.3. The van der Waals surface area contributed by atoms with Gasteiger partial charge in [-0.2, -0.15) is 0 Å². The molecule has 0 spiro atoms. The van der Waals surface area contributed by atoms with Crippen LogP contribution in [-0.4, -0.2) is 48.7 Å². The molecule has 0 radical (unpaired) electrons. The van der Waals surface area contributed by atoms with Crippen molar-refractivity contribution in [2.45, 2.75) is 183 Å². The Labute approximate surface area is 307 Å². The largest absolute Gasteiger partial charge is 0.487 e. The van der Waals surface area contributed by atoms with Crippen LogP contribution in [0.4, 0.5) is 0 Å². The third-order valence-electron chi connectivity index (χ3n) is 11.9. The SMILES string of the molecule is CCCN1CCC(CCCOC(=O)CCC(=O)Oc2c(C)c(C)c3c(c2C)CCC(C)(CCCC(C)CCCC(C)CCCC(C)C)O3)CC1. The lowest BCUT2D eigenvalue weighted by Crippen LogP contribution is -2.37. The minimum atomic E-state index is -0.386. The normalized spacial score (nSPS) is 19.6. The monoisotopic (exact) mass is 698 g/mol.